The topological polar surface area (TPSA) is 46.4 Å². The summed E-state index contributed by atoms with van der Waals surface area (Å²) in [5, 5.41) is 11.2. The van der Waals surface area contributed by atoms with Gasteiger partial charge in [0.2, 0.25) is 0 Å². The Kier molecular flexibility index (Phi) is 4.08. The number of nitrogens with zero attached hydrogens (tertiary/aromatic N) is 2. The first-order valence-electron chi connectivity index (χ1n) is 4.64. The molecule has 0 amide bonds. The molecule has 0 fully saturated rings. The van der Waals surface area contributed by atoms with E-state index in [1.807, 2.05) is 24.9 Å². The molecule has 1 aromatic carbocycles. The Balaban J connectivity index is 3.13. The Morgan fingerprint density at radius 3 is 2.67 bits per heavy atom. The van der Waals surface area contributed by atoms with Crippen molar-refractivity contribution >= 4 is 27.3 Å². The van der Waals surface area contributed by atoms with Crippen molar-refractivity contribution < 1.29 is 4.92 Å². The molecule has 0 unspecified atom stereocenters. The highest BCUT2D eigenvalue weighted by molar-refractivity contribution is 9.08. The average molecular weight is 273 g/mol. The van der Waals surface area contributed by atoms with Crippen molar-refractivity contribution in [3.8, 4) is 0 Å². The molecule has 1 rings (SSSR count). The van der Waals surface area contributed by atoms with E-state index in [-0.39, 0.29) is 10.6 Å². The van der Waals surface area contributed by atoms with Gasteiger partial charge in [0.1, 0.15) is 0 Å². The molecule has 0 aliphatic heterocycles. The molecule has 82 valence electrons. The SMILES string of the molecule is CCN(C)c1ccc([N+](=O)[O-])c(CBr)c1. The number of rotatable bonds is 4. The molecule has 1 aromatic rings. The molecular weight excluding hydrogens is 260 g/mol. The van der Waals surface area contributed by atoms with E-state index < -0.39 is 0 Å². The Labute approximate surface area is 97.2 Å². The molecule has 0 heterocycles. The molecule has 5 heteroatoms. The number of halogens is 1. The van der Waals surface area contributed by atoms with Gasteiger partial charge < -0.3 is 4.90 Å². The number of hydrogen-bond donors (Lipinski definition) is 0. The summed E-state index contributed by atoms with van der Waals surface area (Å²) in [6.45, 7) is 2.91. The zero-order chi connectivity index (χ0) is 11.4. The smallest absolute Gasteiger partial charge is 0.273 e. The quantitative estimate of drug-likeness (QED) is 0.481. The maximum Gasteiger partial charge on any atom is 0.273 e. The summed E-state index contributed by atoms with van der Waals surface area (Å²) in [6.07, 6.45) is 0. The van der Waals surface area contributed by atoms with Crippen molar-refractivity contribution in [2.24, 2.45) is 0 Å². The van der Waals surface area contributed by atoms with E-state index in [0.29, 0.717) is 10.9 Å². The summed E-state index contributed by atoms with van der Waals surface area (Å²) in [6, 6.07) is 5.17. The van der Waals surface area contributed by atoms with Gasteiger partial charge in [-0.15, -0.1) is 0 Å². The van der Waals surface area contributed by atoms with E-state index in [0.717, 1.165) is 12.2 Å². The Bertz CT molecular complexity index is 368. The highest BCUT2D eigenvalue weighted by Gasteiger charge is 2.13. The molecular formula is C10H13BrN2O2. The lowest BCUT2D eigenvalue weighted by Crippen LogP contribution is -2.15. The number of hydrogen-bond acceptors (Lipinski definition) is 3. The summed E-state index contributed by atoms with van der Waals surface area (Å²) in [4.78, 5) is 12.4. The molecule has 0 radical (unpaired) electrons. The summed E-state index contributed by atoms with van der Waals surface area (Å²) < 4.78 is 0. The Hall–Kier alpha value is -1.10. The van der Waals surface area contributed by atoms with Crippen LogP contribution in [0.15, 0.2) is 18.2 Å². The number of alkyl halides is 1. The predicted octanol–water partition coefficient (Wildman–Crippen LogP) is 2.95. The van der Waals surface area contributed by atoms with E-state index in [2.05, 4.69) is 15.9 Å². The van der Waals surface area contributed by atoms with Crippen LogP contribution < -0.4 is 4.90 Å². The minimum atomic E-state index is -0.355. The standard InChI is InChI=1S/C10H13BrN2O2/c1-3-12(2)9-4-5-10(13(14)15)8(6-9)7-11/h4-6H,3,7H2,1-2H3. The maximum absolute atomic E-state index is 10.7. The van der Waals surface area contributed by atoms with Crippen molar-refractivity contribution in [2.75, 3.05) is 18.5 Å². The average Bonchev–Trinajstić information content (AvgIpc) is 2.26. The van der Waals surface area contributed by atoms with Crippen LogP contribution in [0, 0.1) is 10.1 Å². The molecule has 0 saturated carbocycles. The van der Waals surface area contributed by atoms with Gasteiger partial charge >= 0.3 is 0 Å². The third-order valence-corrected chi connectivity index (χ3v) is 2.92. The monoisotopic (exact) mass is 272 g/mol. The number of nitro groups is 1. The van der Waals surface area contributed by atoms with Crippen LogP contribution in [0.3, 0.4) is 0 Å². The normalized spacial score (nSPS) is 10.1. The third-order valence-electron chi connectivity index (χ3n) is 2.32. The van der Waals surface area contributed by atoms with Crippen LogP contribution in [0.2, 0.25) is 0 Å². The number of anilines is 1. The van der Waals surface area contributed by atoms with Gasteiger partial charge in [-0.3, -0.25) is 10.1 Å². The molecule has 4 nitrogen and oxygen atoms in total. The number of benzene rings is 1. The largest absolute Gasteiger partial charge is 0.375 e. The molecule has 0 aromatic heterocycles. The zero-order valence-corrected chi connectivity index (χ0v) is 10.3. The highest BCUT2D eigenvalue weighted by Crippen LogP contribution is 2.26. The fraction of sp³-hybridized carbons (Fsp3) is 0.400. The predicted molar refractivity (Wildman–Crippen MR) is 64.7 cm³/mol. The van der Waals surface area contributed by atoms with Crippen molar-refractivity contribution in [1.29, 1.82) is 0 Å². The van der Waals surface area contributed by atoms with Crippen molar-refractivity contribution in [2.45, 2.75) is 12.3 Å². The molecule has 15 heavy (non-hydrogen) atoms. The van der Waals surface area contributed by atoms with Crippen LogP contribution in [0.25, 0.3) is 0 Å². The second-order valence-electron chi connectivity index (χ2n) is 3.22. The van der Waals surface area contributed by atoms with Gasteiger partial charge in [0.25, 0.3) is 5.69 Å². The summed E-state index contributed by atoms with van der Waals surface area (Å²) in [5.74, 6) is 0. The van der Waals surface area contributed by atoms with E-state index >= 15 is 0 Å². The molecule has 0 atom stereocenters. The van der Waals surface area contributed by atoms with E-state index in [4.69, 9.17) is 0 Å². The van der Waals surface area contributed by atoms with E-state index in [1.54, 1.807) is 12.1 Å². The first kappa shape index (κ1) is 12.0. The molecule has 0 bridgehead atoms. The second kappa shape index (κ2) is 5.11. The van der Waals surface area contributed by atoms with Gasteiger partial charge in [-0.1, -0.05) is 15.9 Å². The van der Waals surface area contributed by atoms with E-state index in [9.17, 15) is 10.1 Å². The Morgan fingerprint density at radius 1 is 1.53 bits per heavy atom. The van der Waals surface area contributed by atoms with Crippen LogP contribution in [-0.2, 0) is 5.33 Å². The van der Waals surface area contributed by atoms with Crippen LogP contribution in [0.5, 0.6) is 0 Å². The van der Waals surface area contributed by atoms with Gasteiger partial charge in [0, 0.05) is 36.2 Å². The van der Waals surface area contributed by atoms with Crippen molar-refractivity contribution in [3.63, 3.8) is 0 Å². The van der Waals surface area contributed by atoms with Crippen molar-refractivity contribution in [3.05, 3.63) is 33.9 Å². The minimum absolute atomic E-state index is 0.167. The Morgan fingerprint density at radius 2 is 2.20 bits per heavy atom. The van der Waals surface area contributed by atoms with Gasteiger partial charge in [0.05, 0.1) is 4.92 Å². The van der Waals surface area contributed by atoms with E-state index in [1.165, 1.54) is 0 Å². The van der Waals surface area contributed by atoms with Crippen LogP contribution in [0.1, 0.15) is 12.5 Å². The highest BCUT2D eigenvalue weighted by atomic mass is 79.9. The second-order valence-corrected chi connectivity index (χ2v) is 3.78. The van der Waals surface area contributed by atoms with Gasteiger partial charge in [0.15, 0.2) is 0 Å². The molecule has 0 saturated heterocycles. The molecule has 0 aliphatic rings. The molecule has 0 N–H and O–H groups in total. The first-order chi connectivity index (χ1) is 7.10. The fourth-order valence-electron chi connectivity index (χ4n) is 1.28. The summed E-state index contributed by atoms with van der Waals surface area (Å²) >= 11 is 3.26. The lowest BCUT2D eigenvalue weighted by molar-refractivity contribution is -0.385. The van der Waals surface area contributed by atoms with Crippen LogP contribution in [-0.4, -0.2) is 18.5 Å². The van der Waals surface area contributed by atoms with Crippen LogP contribution in [0.4, 0.5) is 11.4 Å². The number of nitro benzene ring substituents is 1. The zero-order valence-electron chi connectivity index (χ0n) is 8.74. The first-order valence-corrected chi connectivity index (χ1v) is 5.76. The lowest BCUT2D eigenvalue weighted by atomic mass is 10.1. The third kappa shape index (κ3) is 2.68. The summed E-state index contributed by atoms with van der Waals surface area (Å²) in [5.41, 5.74) is 1.87. The minimum Gasteiger partial charge on any atom is -0.375 e. The van der Waals surface area contributed by atoms with Crippen molar-refractivity contribution in [1.82, 2.24) is 0 Å². The molecule has 0 spiro atoms. The summed E-state index contributed by atoms with van der Waals surface area (Å²) in [7, 11) is 1.96. The maximum atomic E-state index is 10.7. The van der Waals surface area contributed by atoms with Crippen LogP contribution >= 0.6 is 15.9 Å². The van der Waals surface area contributed by atoms with Gasteiger partial charge in [-0.05, 0) is 19.1 Å². The van der Waals surface area contributed by atoms with Gasteiger partial charge in [-0.2, -0.15) is 0 Å². The molecule has 0 aliphatic carbocycles. The van der Waals surface area contributed by atoms with Gasteiger partial charge in [-0.25, -0.2) is 0 Å². The fourth-order valence-corrected chi connectivity index (χ4v) is 1.73. The lowest BCUT2D eigenvalue weighted by Gasteiger charge is -2.17.